The molecule has 8 heteroatoms. The number of carbonyl (C=O) groups excluding carboxylic acids is 1. The molecule has 2 heterocycles. The van der Waals surface area contributed by atoms with Crippen molar-refractivity contribution >= 4 is 34.5 Å². The Hall–Kier alpha value is -3.32. The third kappa shape index (κ3) is 3.57. The fourth-order valence-corrected chi connectivity index (χ4v) is 3.01. The molecule has 0 aliphatic rings. The van der Waals surface area contributed by atoms with Crippen molar-refractivity contribution < 1.29 is 9.53 Å². The lowest BCUT2D eigenvalue weighted by Gasteiger charge is -2.08. The quantitative estimate of drug-likeness (QED) is 0.553. The van der Waals surface area contributed by atoms with E-state index in [9.17, 15) is 4.79 Å². The summed E-state index contributed by atoms with van der Waals surface area (Å²) in [5.74, 6) is 0.692. The van der Waals surface area contributed by atoms with E-state index >= 15 is 0 Å². The molecule has 28 heavy (non-hydrogen) atoms. The Kier molecular flexibility index (Phi) is 4.75. The number of amides is 1. The molecular formula is C20H18ClN5O2. The number of fused-ring (bicyclic) bond motifs is 1. The van der Waals surface area contributed by atoms with Crippen LogP contribution < -0.4 is 10.1 Å². The molecule has 0 spiro atoms. The zero-order valence-corrected chi connectivity index (χ0v) is 16.1. The number of rotatable bonds is 5. The number of hydrogen-bond donors (Lipinski definition) is 1. The van der Waals surface area contributed by atoms with E-state index in [2.05, 4.69) is 15.4 Å². The number of carbonyl (C=O) groups is 1. The SMILES string of the molecule is Cc1ccc(Cl)c(OCn2ccc(C(=O)Nc3nc4ccccc4n3C)n2)c1. The van der Waals surface area contributed by atoms with E-state index in [1.165, 1.54) is 4.68 Å². The number of benzene rings is 2. The molecule has 4 aromatic rings. The van der Waals surface area contributed by atoms with Crippen molar-refractivity contribution in [3.8, 4) is 5.75 Å². The van der Waals surface area contributed by atoms with E-state index in [0.29, 0.717) is 16.7 Å². The Balaban J connectivity index is 1.45. The molecule has 0 saturated carbocycles. The fraction of sp³-hybridized carbons (Fsp3) is 0.150. The second-order valence-electron chi connectivity index (χ2n) is 6.39. The largest absolute Gasteiger partial charge is 0.470 e. The number of nitrogens with zero attached hydrogens (tertiary/aromatic N) is 4. The molecule has 4 rings (SSSR count). The summed E-state index contributed by atoms with van der Waals surface area (Å²) in [5, 5.41) is 7.58. The van der Waals surface area contributed by atoms with Crippen LogP contribution >= 0.6 is 11.6 Å². The maximum absolute atomic E-state index is 12.5. The average Bonchev–Trinajstić information content (AvgIpc) is 3.28. The molecule has 0 unspecified atom stereocenters. The zero-order valence-electron chi connectivity index (χ0n) is 15.4. The van der Waals surface area contributed by atoms with Crippen molar-refractivity contribution in [1.29, 1.82) is 0 Å². The molecule has 0 atom stereocenters. The standard InChI is InChI=1S/C20H18ClN5O2/c1-13-7-8-14(21)18(11-13)28-12-26-10-9-16(24-26)19(27)23-20-22-15-5-3-4-6-17(15)25(20)2/h3-11H,12H2,1-2H3,(H,22,23,27). The Morgan fingerprint density at radius 1 is 1.21 bits per heavy atom. The predicted molar refractivity (Wildman–Crippen MR) is 108 cm³/mol. The number of halogens is 1. The normalized spacial score (nSPS) is 11.0. The van der Waals surface area contributed by atoms with Gasteiger partial charge in [0, 0.05) is 13.2 Å². The van der Waals surface area contributed by atoms with Crippen LogP contribution in [0.5, 0.6) is 5.75 Å². The minimum absolute atomic E-state index is 0.142. The van der Waals surface area contributed by atoms with Crippen LogP contribution in [0.15, 0.2) is 54.7 Å². The van der Waals surface area contributed by atoms with Gasteiger partial charge in [-0.2, -0.15) is 5.10 Å². The molecule has 0 aliphatic heterocycles. The highest BCUT2D eigenvalue weighted by Crippen LogP contribution is 2.25. The van der Waals surface area contributed by atoms with E-state index in [1.807, 2.05) is 54.9 Å². The summed E-state index contributed by atoms with van der Waals surface area (Å²) in [6, 6.07) is 14.8. The highest BCUT2D eigenvalue weighted by Gasteiger charge is 2.14. The number of hydrogen-bond acceptors (Lipinski definition) is 4. The first kappa shape index (κ1) is 18.1. The summed E-state index contributed by atoms with van der Waals surface area (Å²) >= 11 is 6.13. The Morgan fingerprint density at radius 2 is 2.04 bits per heavy atom. The van der Waals surface area contributed by atoms with Gasteiger partial charge in [0.1, 0.15) is 5.75 Å². The van der Waals surface area contributed by atoms with Gasteiger partial charge in [-0.25, -0.2) is 9.67 Å². The zero-order chi connectivity index (χ0) is 19.7. The van der Waals surface area contributed by atoms with Gasteiger partial charge >= 0.3 is 0 Å². The van der Waals surface area contributed by atoms with Crippen LogP contribution in [0.4, 0.5) is 5.95 Å². The maximum Gasteiger partial charge on any atom is 0.278 e. The van der Waals surface area contributed by atoms with Gasteiger partial charge in [-0.3, -0.25) is 10.1 Å². The van der Waals surface area contributed by atoms with Crippen LogP contribution in [0, 0.1) is 6.92 Å². The van der Waals surface area contributed by atoms with E-state index in [0.717, 1.165) is 16.6 Å². The molecule has 0 fully saturated rings. The van der Waals surface area contributed by atoms with Crippen molar-refractivity contribution in [3.63, 3.8) is 0 Å². The molecule has 2 aromatic heterocycles. The van der Waals surface area contributed by atoms with Crippen LogP contribution in [-0.2, 0) is 13.8 Å². The summed E-state index contributed by atoms with van der Waals surface area (Å²) in [6.45, 7) is 2.10. The molecule has 0 radical (unpaired) electrons. The van der Waals surface area contributed by atoms with Gasteiger partial charge in [0.05, 0.1) is 16.1 Å². The van der Waals surface area contributed by atoms with Gasteiger partial charge in [-0.05, 0) is 42.8 Å². The number of para-hydroxylation sites is 2. The Labute approximate surface area is 166 Å². The van der Waals surface area contributed by atoms with Crippen molar-refractivity contribution in [3.05, 3.63) is 71.0 Å². The lowest BCUT2D eigenvalue weighted by atomic mass is 10.2. The minimum Gasteiger partial charge on any atom is -0.470 e. The monoisotopic (exact) mass is 395 g/mol. The lowest BCUT2D eigenvalue weighted by Crippen LogP contribution is -2.16. The average molecular weight is 396 g/mol. The van der Waals surface area contributed by atoms with E-state index in [4.69, 9.17) is 16.3 Å². The van der Waals surface area contributed by atoms with Gasteiger partial charge in [-0.1, -0.05) is 29.8 Å². The summed E-state index contributed by atoms with van der Waals surface area (Å²) in [6.07, 6.45) is 1.67. The summed E-state index contributed by atoms with van der Waals surface area (Å²) in [4.78, 5) is 17.0. The molecular weight excluding hydrogens is 378 g/mol. The number of aromatic nitrogens is 4. The van der Waals surface area contributed by atoms with Gasteiger partial charge in [-0.15, -0.1) is 0 Å². The molecule has 1 amide bonds. The van der Waals surface area contributed by atoms with Crippen LogP contribution in [0.25, 0.3) is 11.0 Å². The smallest absolute Gasteiger partial charge is 0.278 e. The van der Waals surface area contributed by atoms with Crippen LogP contribution in [0.3, 0.4) is 0 Å². The summed E-state index contributed by atoms with van der Waals surface area (Å²) < 4.78 is 9.05. The molecule has 0 bridgehead atoms. The second kappa shape index (κ2) is 7.36. The molecule has 7 nitrogen and oxygen atoms in total. The first-order valence-electron chi connectivity index (χ1n) is 8.66. The number of aryl methyl sites for hydroxylation is 2. The fourth-order valence-electron chi connectivity index (χ4n) is 2.83. The predicted octanol–water partition coefficient (Wildman–Crippen LogP) is 4.02. The minimum atomic E-state index is -0.342. The third-order valence-corrected chi connectivity index (χ3v) is 4.64. The topological polar surface area (TPSA) is 74.0 Å². The third-order valence-electron chi connectivity index (χ3n) is 4.32. The van der Waals surface area contributed by atoms with Crippen molar-refractivity contribution in [2.45, 2.75) is 13.7 Å². The molecule has 0 aliphatic carbocycles. The van der Waals surface area contributed by atoms with E-state index in [1.54, 1.807) is 18.3 Å². The number of imidazole rings is 1. The molecule has 0 saturated heterocycles. The van der Waals surface area contributed by atoms with E-state index in [-0.39, 0.29) is 18.3 Å². The Bertz CT molecular complexity index is 1160. The number of nitrogens with one attached hydrogen (secondary N) is 1. The van der Waals surface area contributed by atoms with Gasteiger partial charge in [0.25, 0.3) is 5.91 Å². The molecule has 2 aromatic carbocycles. The lowest BCUT2D eigenvalue weighted by molar-refractivity contribution is 0.101. The second-order valence-corrected chi connectivity index (χ2v) is 6.79. The van der Waals surface area contributed by atoms with Gasteiger partial charge in [0.15, 0.2) is 12.4 Å². The Morgan fingerprint density at radius 3 is 2.86 bits per heavy atom. The van der Waals surface area contributed by atoms with Gasteiger partial charge < -0.3 is 9.30 Å². The van der Waals surface area contributed by atoms with E-state index < -0.39 is 0 Å². The van der Waals surface area contributed by atoms with Crippen molar-refractivity contribution in [2.75, 3.05) is 5.32 Å². The summed E-state index contributed by atoms with van der Waals surface area (Å²) in [7, 11) is 1.85. The highest BCUT2D eigenvalue weighted by molar-refractivity contribution is 6.32. The van der Waals surface area contributed by atoms with Crippen molar-refractivity contribution in [1.82, 2.24) is 19.3 Å². The summed E-state index contributed by atoms with van der Waals surface area (Å²) in [5.41, 5.74) is 3.06. The van der Waals surface area contributed by atoms with Crippen molar-refractivity contribution in [2.24, 2.45) is 7.05 Å². The van der Waals surface area contributed by atoms with Crippen LogP contribution in [0.2, 0.25) is 5.02 Å². The molecule has 1 N–H and O–H groups in total. The number of anilines is 1. The van der Waals surface area contributed by atoms with Crippen LogP contribution in [-0.4, -0.2) is 25.2 Å². The highest BCUT2D eigenvalue weighted by atomic mass is 35.5. The van der Waals surface area contributed by atoms with Gasteiger partial charge in [0.2, 0.25) is 5.95 Å². The first-order valence-corrected chi connectivity index (χ1v) is 9.04. The first-order chi connectivity index (χ1) is 13.5. The number of ether oxygens (including phenoxy) is 1. The van der Waals surface area contributed by atoms with Crippen LogP contribution in [0.1, 0.15) is 16.1 Å². The maximum atomic E-state index is 12.5. The molecule has 142 valence electrons.